The highest BCUT2D eigenvalue weighted by molar-refractivity contribution is 7.11. The van der Waals surface area contributed by atoms with Crippen LogP contribution in [0.5, 0.6) is 0 Å². The van der Waals surface area contributed by atoms with E-state index in [0.29, 0.717) is 0 Å². The molecule has 0 aromatic carbocycles. The first-order valence-electron chi connectivity index (χ1n) is 7.15. The number of rotatable bonds is 4. The summed E-state index contributed by atoms with van der Waals surface area (Å²) in [4.78, 5) is 14.9. The van der Waals surface area contributed by atoms with E-state index in [1.807, 2.05) is 0 Å². The van der Waals surface area contributed by atoms with Gasteiger partial charge in [0.2, 0.25) is 5.91 Å². The smallest absolute Gasteiger partial charge is 0.240 e. The van der Waals surface area contributed by atoms with Gasteiger partial charge in [-0.3, -0.25) is 4.79 Å². The molecule has 1 fully saturated rings. The number of hydrogen-bond donors (Lipinski definition) is 2. The molecule has 1 aliphatic rings. The Balaban J connectivity index is 0.00000200. The van der Waals surface area contributed by atoms with Crippen LogP contribution in [0.4, 0.5) is 0 Å². The second-order valence-corrected chi connectivity index (χ2v) is 7.18. The van der Waals surface area contributed by atoms with Crippen LogP contribution in [0.3, 0.4) is 0 Å². The maximum Gasteiger partial charge on any atom is 0.240 e. The molecule has 1 aromatic heterocycles. The molecule has 0 bridgehead atoms. The van der Waals surface area contributed by atoms with Crippen molar-refractivity contribution < 1.29 is 4.79 Å². The van der Waals surface area contributed by atoms with E-state index < -0.39 is 5.54 Å². The summed E-state index contributed by atoms with van der Waals surface area (Å²) in [6, 6.07) is 4.41. The van der Waals surface area contributed by atoms with Gasteiger partial charge in [-0.1, -0.05) is 19.3 Å². The number of carbonyl (C=O) groups is 1. The highest BCUT2D eigenvalue weighted by Gasteiger charge is 2.35. The Labute approximate surface area is 131 Å². The van der Waals surface area contributed by atoms with E-state index in [0.717, 1.165) is 32.1 Å². The van der Waals surface area contributed by atoms with Crippen LogP contribution in [0, 0.1) is 6.92 Å². The molecule has 0 saturated heterocycles. The average Bonchev–Trinajstić information content (AvgIpc) is 2.75. The van der Waals surface area contributed by atoms with Crippen molar-refractivity contribution in [3.8, 4) is 0 Å². The summed E-state index contributed by atoms with van der Waals surface area (Å²) in [5.41, 5.74) is 5.61. The molecule has 114 valence electrons. The van der Waals surface area contributed by atoms with E-state index in [4.69, 9.17) is 5.73 Å². The summed E-state index contributed by atoms with van der Waals surface area (Å²) < 4.78 is 0. The van der Waals surface area contributed by atoms with Crippen molar-refractivity contribution >= 4 is 29.7 Å². The number of hydrogen-bond acceptors (Lipinski definition) is 3. The molecule has 1 unspecified atom stereocenters. The minimum atomic E-state index is -0.627. The second-order valence-electron chi connectivity index (χ2n) is 5.81. The lowest BCUT2D eigenvalue weighted by molar-refractivity contribution is -0.128. The van der Waals surface area contributed by atoms with Crippen molar-refractivity contribution in [2.45, 2.75) is 64.0 Å². The Morgan fingerprint density at radius 2 is 2.05 bits per heavy atom. The van der Waals surface area contributed by atoms with Crippen LogP contribution in [-0.2, 0) is 11.2 Å². The lowest BCUT2D eigenvalue weighted by Crippen LogP contribution is -2.56. The van der Waals surface area contributed by atoms with Crippen LogP contribution in [0.1, 0.15) is 48.8 Å². The molecule has 1 aliphatic carbocycles. The number of aryl methyl sites for hydroxylation is 1. The van der Waals surface area contributed by atoms with Crippen LogP contribution in [0.15, 0.2) is 12.1 Å². The number of amides is 1. The maximum atomic E-state index is 12.3. The van der Waals surface area contributed by atoms with Gasteiger partial charge in [-0.05, 0) is 38.8 Å². The van der Waals surface area contributed by atoms with Gasteiger partial charge in [0.25, 0.3) is 0 Å². The number of nitrogens with two attached hydrogens (primary N) is 1. The van der Waals surface area contributed by atoms with E-state index in [9.17, 15) is 4.79 Å². The van der Waals surface area contributed by atoms with Gasteiger partial charge in [-0.15, -0.1) is 23.7 Å². The first kappa shape index (κ1) is 17.5. The summed E-state index contributed by atoms with van der Waals surface area (Å²) in [7, 11) is 0. The van der Waals surface area contributed by atoms with Gasteiger partial charge < -0.3 is 11.1 Å². The van der Waals surface area contributed by atoms with E-state index >= 15 is 0 Å². The highest BCUT2D eigenvalue weighted by Crippen LogP contribution is 2.26. The molecule has 3 N–H and O–H groups in total. The van der Waals surface area contributed by atoms with Crippen molar-refractivity contribution in [3.05, 3.63) is 21.9 Å². The van der Waals surface area contributed by atoms with Crippen LogP contribution in [-0.4, -0.2) is 17.5 Å². The van der Waals surface area contributed by atoms with Gasteiger partial charge in [0, 0.05) is 22.2 Å². The van der Waals surface area contributed by atoms with Crippen molar-refractivity contribution in [2.75, 3.05) is 0 Å². The van der Waals surface area contributed by atoms with E-state index in [-0.39, 0.29) is 24.4 Å². The van der Waals surface area contributed by atoms with Crippen molar-refractivity contribution in [1.82, 2.24) is 5.32 Å². The molecule has 2 rings (SSSR count). The summed E-state index contributed by atoms with van der Waals surface area (Å²) in [6.45, 7) is 4.16. The highest BCUT2D eigenvalue weighted by atomic mass is 35.5. The van der Waals surface area contributed by atoms with Gasteiger partial charge in [0.15, 0.2) is 0 Å². The van der Waals surface area contributed by atoms with Crippen LogP contribution >= 0.6 is 23.7 Å². The fourth-order valence-corrected chi connectivity index (χ4v) is 3.74. The molecule has 1 saturated carbocycles. The summed E-state index contributed by atoms with van der Waals surface area (Å²) in [5, 5.41) is 3.09. The molecule has 1 amide bonds. The molecule has 1 atom stereocenters. The third-order valence-electron chi connectivity index (χ3n) is 3.88. The fourth-order valence-electron chi connectivity index (χ4n) is 2.72. The van der Waals surface area contributed by atoms with E-state index in [2.05, 4.69) is 31.3 Å². The predicted molar refractivity (Wildman–Crippen MR) is 87.6 cm³/mol. The Morgan fingerprint density at radius 1 is 1.40 bits per heavy atom. The minimum Gasteiger partial charge on any atom is -0.352 e. The van der Waals surface area contributed by atoms with Crippen molar-refractivity contribution in [2.24, 2.45) is 5.73 Å². The molecule has 1 aromatic rings. The normalized spacial score (nSPS) is 18.9. The first-order chi connectivity index (χ1) is 8.99. The SMILES string of the molecule is Cc1ccc(CC(C)NC(=O)C2(N)CCCCC2)s1.Cl. The van der Waals surface area contributed by atoms with Crippen LogP contribution in [0.2, 0.25) is 0 Å². The van der Waals surface area contributed by atoms with Gasteiger partial charge >= 0.3 is 0 Å². The summed E-state index contributed by atoms with van der Waals surface area (Å²) in [5.74, 6) is 0.0352. The Bertz CT molecular complexity index is 441. The molecule has 20 heavy (non-hydrogen) atoms. The molecule has 5 heteroatoms. The molecule has 3 nitrogen and oxygen atoms in total. The van der Waals surface area contributed by atoms with Crippen LogP contribution in [0.25, 0.3) is 0 Å². The second kappa shape index (κ2) is 7.43. The van der Waals surface area contributed by atoms with Gasteiger partial charge in [0.1, 0.15) is 0 Å². The molecule has 0 aliphatic heterocycles. The van der Waals surface area contributed by atoms with Gasteiger partial charge in [-0.2, -0.15) is 0 Å². The van der Waals surface area contributed by atoms with Gasteiger partial charge in [0.05, 0.1) is 5.54 Å². The quantitative estimate of drug-likeness (QED) is 0.896. The van der Waals surface area contributed by atoms with Crippen LogP contribution < -0.4 is 11.1 Å². The number of thiophene rings is 1. The zero-order valence-electron chi connectivity index (χ0n) is 12.3. The number of halogens is 1. The molecular weight excluding hydrogens is 292 g/mol. The number of carbonyl (C=O) groups excluding carboxylic acids is 1. The zero-order valence-corrected chi connectivity index (χ0v) is 13.9. The third kappa shape index (κ3) is 4.47. The molecule has 1 heterocycles. The lowest BCUT2D eigenvalue weighted by Gasteiger charge is -2.33. The largest absolute Gasteiger partial charge is 0.352 e. The lowest BCUT2D eigenvalue weighted by atomic mass is 9.81. The fraction of sp³-hybridized carbons (Fsp3) is 0.667. The molecule has 0 radical (unpaired) electrons. The topological polar surface area (TPSA) is 55.1 Å². The summed E-state index contributed by atoms with van der Waals surface area (Å²) >= 11 is 1.80. The third-order valence-corrected chi connectivity index (χ3v) is 4.90. The zero-order chi connectivity index (χ0) is 13.9. The van der Waals surface area contributed by atoms with Crippen molar-refractivity contribution in [1.29, 1.82) is 0 Å². The van der Waals surface area contributed by atoms with E-state index in [1.165, 1.54) is 16.2 Å². The Hall–Kier alpha value is -0.580. The average molecular weight is 317 g/mol. The minimum absolute atomic E-state index is 0. The maximum absolute atomic E-state index is 12.3. The van der Waals surface area contributed by atoms with Gasteiger partial charge in [-0.25, -0.2) is 0 Å². The molecule has 0 spiro atoms. The monoisotopic (exact) mass is 316 g/mol. The molecular formula is C15H25ClN2OS. The Morgan fingerprint density at radius 3 is 2.60 bits per heavy atom. The summed E-state index contributed by atoms with van der Waals surface area (Å²) in [6.07, 6.45) is 5.88. The standard InChI is InChI=1S/C15H24N2OS.ClH/c1-11(10-13-7-6-12(2)19-13)17-14(18)15(16)8-4-3-5-9-15;/h6-7,11H,3-5,8-10,16H2,1-2H3,(H,17,18);1H. The van der Waals surface area contributed by atoms with E-state index in [1.54, 1.807) is 11.3 Å². The Kier molecular flexibility index (Phi) is 6.49. The number of nitrogens with one attached hydrogen (secondary N) is 1. The predicted octanol–water partition coefficient (Wildman–Crippen LogP) is 3.19. The first-order valence-corrected chi connectivity index (χ1v) is 7.96. The van der Waals surface area contributed by atoms with Crippen molar-refractivity contribution in [3.63, 3.8) is 0 Å².